The van der Waals surface area contributed by atoms with Gasteiger partial charge in [0.15, 0.2) is 0 Å². The molecule has 0 heterocycles. The molecule has 0 aromatic heterocycles. The van der Waals surface area contributed by atoms with Gasteiger partial charge in [-0.25, -0.2) is 0 Å². The fourth-order valence-corrected chi connectivity index (χ4v) is 2.72. The van der Waals surface area contributed by atoms with Crippen molar-refractivity contribution in [1.82, 2.24) is 0 Å². The Labute approximate surface area is 159 Å². The van der Waals surface area contributed by atoms with Crippen LogP contribution in [0.2, 0.25) is 0 Å². The number of rotatable bonds is 4. The summed E-state index contributed by atoms with van der Waals surface area (Å²) in [4.78, 5) is 0. The van der Waals surface area contributed by atoms with Gasteiger partial charge in [-0.3, -0.25) is 0 Å². The summed E-state index contributed by atoms with van der Waals surface area (Å²) in [7, 11) is 0. The molecule has 0 unspecified atom stereocenters. The summed E-state index contributed by atoms with van der Waals surface area (Å²) >= 11 is 0. The van der Waals surface area contributed by atoms with Gasteiger partial charge in [-0.15, -0.1) is 0 Å². The fourth-order valence-electron chi connectivity index (χ4n) is 2.72. The summed E-state index contributed by atoms with van der Waals surface area (Å²) in [6, 6.07) is 23.0. The van der Waals surface area contributed by atoms with Gasteiger partial charge < -0.3 is 5.32 Å². The average Bonchev–Trinajstić information content (AvgIpc) is 2.74. The topological polar surface area (TPSA) is 12.0 Å². The molecule has 0 saturated carbocycles. The maximum Gasteiger partial charge on any atom is 0.0464 e. The Morgan fingerprint density at radius 1 is 0.769 bits per heavy atom. The summed E-state index contributed by atoms with van der Waals surface area (Å²) in [6.45, 7) is 14.0. The molecule has 0 bridgehead atoms. The Hall–Kier alpha value is -2.80. The molecule has 1 nitrogen and oxygen atoms in total. The standard InChI is InChI=1S/C21H19N.2C2H6/c1-3-16(4-2)18-14-15-21(20-13-9-8-12-19(18)20)22-17-10-6-5-7-11-17;2*1-2/h3-15,22H,1H2,2H3;2*1-2H3/b16-4+;;. The molecule has 3 aromatic rings. The molecule has 0 amide bonds. The highest BCUT2D eigenvalue weighted by Gasteiger charge is 2.07. The molecule has 1 N–H and O–H groups in total. The second-order valence-corrected chi connectivity index (χ2v) is 5.15. The van der Waals surface area contributed by atoms with Crippen molar-refractivity contribution in [3.8, 4) is 0 Å². The normalized spacial score (nSPS) is 10.1. The van der Waals surface area contributed by atoms with E-state index in [0.29, 0.717) is 0 Å². The zero-order valence-electron chi connectivity index (χ0n) is 16.7. The number of benzene rings is 3. The van der Waals surface area contributed by atoms with Gasteiger partial charge in [0.05, 0.1) is 0 Å². The Morgan fingerprint density at radius 2 is 1.35 bits per heavy atom. The predicted molar refractivity (Wildman–Crippen MR) is 120 cm³/mol. The van der Waals surface area contributed by atoms with Gasteiger partial charge in [0.25, 0.3) is 0 Å². The van der Waals surface area contributed by atoms with Crippen molar-refractivity contribution in [2.75, 3.05) is 5.32 Å². The summed E-state index contributed by atoms with van der Waals surface area (Å²) in [5.41, 5.74) is 4.58. The van der Waals surface area contributed by atoms with E-state index in [4.69, 9.17) is 0 Å². The molecule has 0 fully saturated rings. The van der Waals surface area contributed by atoms with Crippen LogP contribution in [0.25, 0.3) is 16.3 Å². The largest absolute Gasteiger partial charge is 0.355 e. The first-order valence-corrected chi connectivity index (χ1v) is 9.46. The maximum absolute atomic E-state index is 3.92. The molecule has 3 rings (SSSR count). The molecule has 26 heavy (non-hydrogen) atoms. The highest BCUT2D eigenvalue weighted by molar-refractivity contribution is 6.03. The quantitative estimate of drug-likeness (QED) is 0.469. The lowest BCUT2D eigenvalue weighted by Crippen LogP contribution is -1.93. The van der Waals surface area contributed by atoms with Crippen LogP contribution in [0.3, 0.4) is 0 Å². The molecule has 0 aliphatic rings. The lowest BCUT2D eigenvalue weighted by atomic mass is 9.97. The zero-order chi connectivity index (χ0) is 19.4. The van der Waals surface area contributed by atoms with Crippen molar-refractivity contribution >= 4 is 27.7 Å². The molecule has 0 aliphatic heterocycles. The van der Waals surface area contributed by atoms with E-state index in [0.717, 1.165) is 16.9 Å². The summed E-state index contributed by atoms with van der Waals surface area (Å²) in [5.74, 6) is 0. The Balaban J connectivity index is 0.000000791. The molecule has 0 radical (unpaired) electrons. The van der Waals surface area contributed by atoms with Crippen LogP contribution in [0.15, 0.2) is 85.5 Å². The van der Waals surface area contributed by atoms with Gasteiger partial charge in [0.2, 0.25) is 0 Å². The minimum Gasteiger partial charge on any atom is -0.355 e. The van der Waals surface area contributed by atoms with Crippen LogP contribution in [-0.4, -0.2) is 0 Å². The highest BCUT2D eigenvalue weighted by Crippen LogP contribution is 2.32. The van der Waals surface area contributed by atoms with Crippen molar-refractivity contribution in [3.63, 3.8) is 0 Å². The van der Waals surface area contributed by atoms with E-state index >= 15 is 0 Å². The molecule has 1 heteroatoms. The minimum atomic E-state index is 1.09. The van der Waals surface area contributed by atoms with E-state index in [1.807, 2.05) is 58.9 Å². The first kappa shape index (κ1) is 21.2. The maximum atomic E-state index is 3.92. The number of anilines is 2. The first-order valence-electron chi connectivity index (χ1n) is 9.46. The molecular formula is C25H31N. The van der Waals surface area contributed by atoms with Crippen LogP contribution in [0.1, 0.15) is 40.2 Å². The third kappa shape index (κ3) is 5.10. The van der Waals surface area contributed by atoms with Gasteiger partial charge in [-0.1, -0.05) is 95.0 Å². The van der Waals surface area contributed by atoms with E-state index < -0.39 is 0 Å². The predicted octanol–water partition coefficient (Wildman–Crippen LogP) is 8.23. The third-order valence-corrected chi connectivity index (χ3v) is 3.82. The summed E-state index contributed by atoms with van der Waals surface area (Å²) in [5, 5.41) is 5.95. The van der Waals surface area contributed by atoms with Crippen LogP contribution in [0.4, 0.5) is 11.4 Å². The number of allylic oxidation sites excluding steroid dienone is 3. The Morgan fingerprint density at radius 3 is 1.92 bits per heavy atom. The SMILES string of the molecule is C=C/C(=C\C)c1ccc(Nc2ccccc2)c2ccccc12.CC.CC. The van der Waals surface area contributed by atoms with Crippen molar-refractivity contribution in [3.05, 3.63) is 91.0 Å². The Kier molecular flexibility index (Phi) is 9.56. The monoisotopic (exact) mass is 345 g/mol. The molecule has 0 atom stereocenters. The van der Waals surface area contributed by atoms with Crippen LogP contribution in [0, 0.1) is 0 Å². The van der Waals surface area contributed by atoms with E-state index in [1.165, 1.54) is 16.3 Å². The lowest BCUT2D eigenvalue weighted by Gasteiger charge is -2.13. The summed E-state index contributed by atoms with van der Waals surface area (Å²) in [6.07, 6.45) is 4.01. The number of hydrogen-bond acceptors (Lipinski definition) is 1. The molecule has 0 aliphatic carbocycles. The second-order valence-electron chi connectivity index (χ2n) is 5.15. The van der Waals surface area contributed by atoms with Crippen LogP contribution < -0.4 is 5.32 Å². The van der Waals surface area contributed by atoms with Crippen LogP contribution in [-0.2, 0) is 0 Å². The van der Waals surface area contributed by atoms with Gasteiger partial charge in [0, 0.05) is 16.8 Å². The highest BCUT2D eigenvalue weighted by atomic mass is 14.9. The number of para-hydroxylation sites is 1. The van der Waals surface area contributed by atoms with E-state index in [2.05, 4.69) is 66.5 Å². The van der Waals surface area contributed by atoms with Gasteiger partial charge in [0.1, 0.15) is 0 Å². The van der Waals surface area contributed by atoms with Gasteiger partial charge in [-0.2, -0.15) is 0 Å². The van der Waals surface area contributed by atoms with Crippen LogP contribution in [0.5, 0.6) is 0 Å². The van der Waals surface area contributed by atoms with Crippen molar-refractivity contribution in [2.45, 2.75) is 34.6 Å². The molecule has 136 valence electrons. The molecular weight excluding hydrogens is 314 g/mol. The smallest absolute Gasteiger partial charge is 0.0464 e. The number of nitrogens with one attached hydrogen (secondary N) is 1. The van der Waals surface area contributed by atoms with Gasteiger partial charge in [-0.05, 0) is 41.6 Å². The average molecular weight is 346 g/mol. The second kappa shape index (κ2) is 11.7. The Bertz CT molecular complexity index is 829. The van der Waals surface area contributed by atoms with Crippen molar-refractivity contribution in [1.29, 1.82) is 0 Å². The molecule has 3 aromatic carbocycles. The first-order chi connectivity index (χ1) is 12.8. The molecule has 0 spiro atoms. The van der Waals surface area contributed by atoms with Gasteiger partial charge >= 0.3 is 0 Å². The zero-order valence-corrected chi connectivity index (χ0v) is 16.7. The third-order valence-electron chi connectivity index (χ3n) is 3.82. The molecule has 0 saturated heterocycles. The van der Waals surface area contributed by atoms with E-state index in [1.54, 1.807) is 0 Å². The fraction of sp³-hybridized carbons (Fsp3) is 0.200. The summed E-state index contributed by atoms with van der Waals surface area (Å²) < 4.78 is 0. The number of fused-ring (bicyclic) bond motifs is 1. The van der Waals surface area contributed by atoms with Crippen molar-refractivity contribution < 1.29 is 0 Å². The van der Waals surface area contributed by atoms with Crippen LogP contribution >= 0.6 is 0 Å². The lowest BCUT2D eigenvalue weighted by molar-refractivity contribution is 1.50. The number of hydrogen-bond donors (Lipinski definition) is 1. The van der Waals surface area contributed by atoms with Crippen molar-refractivity contribution in [2.24, 2.45) is 0 Å². The minimum absolute atomic E-state index is 1.09. The van der Waals surface area contributed by atoms with E-state index in [9.17, 15) is 0 Å². The van der Waals surface area contributed by atoms with E-state index in [-0.39, 0.29) is 0 Å².